The molecule has 3 heteroatoms. The van der Waals surface area contributed by atoms with Crippen LogP contribution in [0.15, 0.2) is 60.3 Å². The number of carbonyl (C=O) groups excluding carboxylic acids is 1. The first-order chi connectivity index (χ1) is 10.2. The molecule has 0 fully saturated rings. The second-order valence-electron chi connectivity index (χ2n) is 5.15. The van der Waals surface area contributed by atoms with E-state index in [1.165, 1.54) is 0 Å². The van der Waals surface area contributed by atoms with Gasteiger partial charge in [0.25, 0.3) is 0 Å². The van der Waals surface area contributed by atoms with Gasteiger partial charge in [0.05, 0.1) is 6.04 Å². The van der Waals surface area contributed by atoms with Crippen molar-refractivity contribution in [2.45, 2.75) is 26.3 Å². The lowest BCUT2D eigenvalue weighted by atomic mass is 9.98. The number of carbonyl (C=O) groups is 1. The summed E-state index contributed by atoms with van der Waals surface area (Å²) in [4.78, 5) is 12.2. The summed E-state index contributed by atoms with van der Waals surface area (Å²) < 4.78 is 0. The number of hydrogen-bond acceptors (Lipinski definition) is 2. The van der Waals surface area contributed by atoms with E-state index in [0.29, 0.717) is 6.54 Å². The second-order valence-corrected chi connectivity index (χ2v) is 5.15. The molecule has 0 saturated carbocycles. The van der Waals surface area contributed by atoms with Gasteiger partial charge in [0.1, 0.15) is 0 Å². The Hall–Kier alpha value is -1.87. The van der Waals surface area contributed by atoms with E-state index in [-0.39, 0.29) is 17.9 Å². The summed E-state index contributed by atoms with van der Waals surface area (Å²) in [5.41, 5.74) is 1.13. The van der Waals surface area contributed by atoms with Gasteiger partial charge in [-0.2, -0.15) is 0 Å². The van der Waals surface area contributed by atoms with Crippen molar-refractivity contribution in [3.05, 3.63) is 60.3 Å². The van der Waals surface area contributed by atoms with Crippen molar-refractivity contribution < 1.29 is 4.79 Å². The molecule has 0 radical (unpaired) electrons. The molecule has 1 aliphatic rings. The molecule has 0 aromatic carbocycles. The Bertz CT molecular complexity index is 454. The Morgan fingerprint density at radius 2 is 1.90 bits per heavy atom. The van der Waals surface area contributed by atoms with Crippen LogP contribution in [-0.4, -0.2) is 25.5 Å². The number of nitrogens with one attached hydrogen (secondary N) is 2. The van der Waals surface area contributed by atoms with Crippen LogP contribution in [-0.2, 0) is 4.79 Å². The third-order valence-corrected chi connectivity index (χ3v) is 3.34. The van der Waals surface area contributed by atoms with Crippen LogP contribution >= 0.6 is 0 Å². The summed E-state index contributed by atoms with van der Waals surface area (Å²) in [5.74, 6) is 0.326. The summed E-state index contributed by atoms with van der Waals surface area (Å²) in [7, 11) is 1.83. The smallest absolute Gasteiger partial charge is 0.237 e. The van der Waals surface area contributed by atoms with Crippen LogP contribution in [0, 0.1) is 5.92 Å². The van der Waals surface area contributed by atoms with Crippen molar-refractivity contribution in [1.29, 1.82) is 0 Å². The number of likely N-dealkylation sites (N-methyl/N-ethyl adjacent to an activating group) is 1. The molecule has 1 atom stereocenters. The fourth-order valence-corrected chi connectivity index (χ4v) is 2.06. The van der Waals surface area contributed by atoms with Crippen molar-refractivity contribution in [2.24, 2.45) is 5.92 Å². The Kier molecular flexibility index (Phi) is 8.14. The zero-order valence-corrected chi connectivity index (χ0v) is 13.2. The van der Waals surface area contributed by atoms with E-state index in [4.69, 9.17) is 0 Å². The molecule has 21 heavy (non-hydrogen) atoms. The van der Waals surface area contributed by atoms with Gasteiger partial charge in [-0.3, -0.25) is 4.79 Å². The van der Waals surface area contributed by atoms with E-state index in [1.807, 2.05) is 63.4 Å². The highest BCUT2D eigenvalue weighted by molar-refractivity contribution is 5.82. The first-order valence-corrected chi connectivity index (χ1v) is 7.42. The van der Waals surface area contributed by atoms with E-state index in [0.717, 1.165) is 12.0 Å². The lowest BCUT2D eigenvalue weighted by Crippen LogP contribution is -2.44. The van der Waals surface area contributed by atoms with Crippen LogP contribution in [0.3, 0.4) is 0 Å². The average molecular weight is 286 g/mol. The minimum absolute atomic E-state index is 0.0461. The maximum absolute atomic E-state index is 12.2. The van der Waals surface area contributed by atoms with Crippen molar-refractivity contribution >= 4 is 5.91 Å². The molecule has 1 rings (SSSR count). The van der Waals surface area contributed by atoms with E-state index in [1.54, 1.807) is 0 Å². The van der Waals surface area contributed by atoms with Gasteiger partial charge in [0.2, 0.25) is 5.91 Å². The molecular weight excluding hydrogens is 260 g/mol. The number of rotatable bonds is 7. The maximum atomic E-state index is 12.2. The Balaban J connectivity index is 2.49. The Labute approximate surface area is 128 Å². The number of hydrogen-bond donors (Lipinski definition) is 2. The van der Waals surface area contributed by atoms with Gasteiger partial charge in [0, 0.05) is 6.54 Å². The van der Waals surface area contributed by atoms with Gasteiger partial charge in [0.15, 0.2) is 0 Å². The fraction of sp³-hybridized carbons (Fsp3) is 0.389. The molecule has 0 aromatic rings. The van der Waals surface area contributed by atoms with E-state index in [2.05, 4.69) is 22.8 Å². The molecule has 0 spiro atoms. The summed E-state index contributed by atoms with van der Waals surface area (Å²) in [6, 6.07) is -0.183. The fourth-order valence-electron chi connectivity index (χ4n) is 2.06. The second kappa shape index (κ2) is 9.94. The lowest BCUT2D eigenvalue weighted by Gasteiger charge is -2.19. The standard InChI is InChI=1S/C18H26N2O/c1-4-5-10-15(2)14-20-18(21)17(19-3)13-16-11-8-6-7-9-12-16/h4-12,16-17,19H,13-14H2,1-3H3,(H,20,21)/b5-4-,15-10+. The first kappa shape index (κ1) is 17.2. The van der Waals surface area contributed by atoms with Crippen molar-refractivity contribution in [3.8, 4) is 0 Å². The van der Waals surface area contributed by atoms with E-state index < -0.39 is 0 Å². The molecule has 0 aromatic heterocycles. The van der Waals surface area contributed by atoms with Crippen LogP contribution in [0.25, 0.3) is 0 Å². The molecule has 1 amide bonds. The molecule has 0 bridgehead atoms. The van der Waals surface area contributed by atoms with Crippen LogP contribution < -0.4 is 10.6 Å². The zero-order valence-electron chi connectivity index (χ0n) is 13.2. The molecule has 3 nitrogen and oxygen atoms in total. The highest BCUT2D eigenvalue weighted by atomic mass is 16.2. The van der Waals surface area contributed by atoms with Gasteiger partial charge in [-0.1, -0.05) is 60.3 Å². The quantitative estimate of drug-likeness (QED) is 0.707. The lowest BCUT2D eigenvalue weighted by molar-refractivity contribution is -0.123. The highest BCUT2D eigenvalue weighted by Crippen LogP contribution is 2.13. The topological polar surface area (TPSA) is 41.1 Å². The van der Waals surface area contributed by atoms with Crippen LogP contribution in [0.2, 0.25) is 0 Å². The van der Waals surface area contributed by atoms with E-state index >= 15 is 0 Å². The molecule has 0 heterocycles. The normalized spacial score (nSPS) is 17.2. The molecular formula is C18H26N2O. The summed E-state index contributed by atoms with van der Waals surface area (Å²) >= 11 is 0. The molecule has 114 valence electrons. The monoisotopic (exact) mass is 286 g/mol. The molecule has 0 saturated heterocycles. The summed E-state index contributed by atoms with van der Waals surface area (Å²) in [6.07, 6.45) is 19.0. The minimum Gasteiger partial charge on any atom is -0.351 e. The van der Waals surface area contributed by atoms with Crippen LogP contribution in [0.4, 0.5) is 0 Å². The number of allylic oxidation sites excluding steroid dienone is 9. The van der Waals surface area contributed by atoms with Gasteiger partial charge in [-0.05, 0) is 33.2 Å². The summed E-state index contributed by atoms with van der Waals surface area (Å²) in [6.45, 7) is 4.57. The number of amides is 1. The van der Waals surface area contributed by atoms with Gasteiger partial charge < -0.3 is 10.6 Å². The zero-order chi connectivity index (χ0) is 15.5. The summed E-state index contributed by atoms with van der Waals surface area (Å²) in [5, 5.41) is 6.08. The van der Waals surface area contributed by atoms with Gasteiger partial charge >= 0.3 is 0 Å². The van der Waals surface area contributed by atoms with Gasteiger partial charge in [-0.15, -0.1) is 0 Å². The highest BCUT2D eigenvalue weighted by Gasteiger charge is 2.18. The molecule has 2 N–H and O–H groups in total. The van der Waals surface area contributed by atoms with E-state index in [9.17, 15) is 4.79 Å². The molecule has 1 aliphatic carbocycles. The minimum atomic E-state index is -0.183. The van der Waals surface area contributed by atoms with Crippen LogP contribution in [0.1, 0.15) is 20.3 Å². The van der Waals surface area contributed by atoms with Crippen molar-refractivity contribution in [3.63, 3.8) is 0 Å². The predicted molar refractivity (Wildman–Crippen MR) is 90.0 cm³/mol. The van der Waals surface area contributed by atoms with Crippen molar-refractivity contribution in [2.75, 3.05) is 13.6 Å². The Morgan fingerprint density at radius 3 is 2.48 bits per heavy atom. The van der Waals surface area contributed by atoms with Crippen LogP contribution in [0.5, 0.6) is 0 Å². The van der Waals surface area contributed by atoms with Crippen molar-refractivity contribution in [1.82, 2.24) is 10.6 Å². The Morgan fingerprint density at radius 1 is 1.24 bits per heavy atom. The largest absolute Gasteiger partial charge is 0.351 e. The molecule has 0 aliphatic heterocycles. The maximum Gasteiger partial charge on any atom is 0.237 e. The SMILES string of the molecule is C/C=C\C=C(/C)CNC(=O)C(CC1C=CC=CC=C1)NC. The predicted octanol–water partition coefficient (Wildman–Crippen LogP) is 2.90. The molecule has 1 unspecified atom stereocenters. The third-order valence-electron chi connectivity index (χ3n) is 3.34. The third kappa shape index (κ3) is 6.91. The average Bonchev–Trinajstić information content (AvgIpc) is 2.76. The van der Waals surface area contributed by atoms with Gasteiger partial charge in [-0.25, -0.2) is 0 Å². The first-order valence-electron chi connectivity index (χ1n) is 7.42.